The van der Waals surface area contributed by atoms with Gasteiger partial charge in [0.05, 0.1) is 29.5 Å². The number of carbonyl (C=O) groups is 1. The van der Waals surface area contributed by atoms with Gasteiger partial charge in [-0.15, -0.1) is 0 Å². The number of rotatable bonds is 11. The molecule has 0 saturated heterocycles. The number of pyridine rings is 1. The maximum Gasteiger partial charge on any atom is 0.254 e. The number of ether oxygens (including phenoxy) is 2. The molecule has 0 radical (unpaired) electrons. The number of aromatic nitrogens is 3. The second-order valence-corrected chi connectivity index (χ2v) is 17.6. The Morgan fingerprint density at radius 3 is 2.71 bits per heavy atom. The zero-order valence-corrected chi connectivity index (χ0v) is 25.5. The van der Waals surface area contributed by atoms with Crippen molar-refractivity contribution in [2.75, 3.05) is 13.7 Å². The van der Waals surface area contributed by atoms with E-state index in [-0.39, 0.29) is 12.0 Å². The largest absolute Gasteiger partial charge is 0.490 e. The molecule has 41 heavy (non-hydrogen) atoms. The third-order valence-corrected chi connectivity index (χ3v) is 8.96. The van der Waals surface area contributed by atoms with Crippen LogP contribution in [0.25, 0.3) is 22.0 Å². The van der Waals surface area contributed by atoms with Gasteiger partial charge in [0.1, 0.15) is 12.5 Å². The predicted molar refractivity (Wildman–Crippen MR) is 162 cm³/mol. The highest BCUT2D eigenvalue weighted by atomic mass is 28.3. The molecular weight excluding hydrogens is 530 g/mol. The number of hydrogen-bond donors (Lipinski definition) is 0. The summed E-state index contributed by atoms with van der Waals surface area (Å²) < 4.78 is 14.1. The summed E-state index contributed by atoms with van der Waals surface area (Å²) in [4.78, 5) is 19.9. The van der Waals surface area contributed by atoms with Crippen LogP contribution in [0.5, 0.6) is 5.75 Å². The Bertz CT molecular complexity index is 1610. The number of fused-ring (bicyclic) bond motifs is 1. The third kappa shape index (κ3) is 6.84. The lowest BCUT2D eigenvalue weighted by Gasteiger charge is -2.20. The van der Waals surface area contributed by atoms with Gasteiger partial charge in [0.2, 0.25) is 0 Å². The lowest BCUT2D eigenvalue weighted by atomic mass is 10.0. The molecule has 2 aromatic heterocycles. The van der Waals surface area contributed by atoms with Crippen LogP contribution in [-0.2, 0) is 18.0 Å². The van der Waals surface area contributed by atoms with Crippen molar-refractivity contribution >= 4 is 24.9 Å². The molecule has 1 aliphatic rings. The van der Waals surface area contributed by atoms with Gasteiger partial charge in [-0.05, 0) is 61.7 Å². The van der Waals surface area contributed by atoms with Crippen LogP contribution in [-0.4, -0.2) is 53.4 Å². The van der Waals surface area contributed by atoms with Crippen molar-refractivity contribution < 1.29 is 14.3 Å². The fraction of sp³-hybridized carbons (Fsp3) is 0.375. The molecule has 2 aromatic carbocycles. The summed E-state index contributed by atoms with van der Waals surface area (Å²) in [7, 11) is 0.609. The van der Waals surface area contributed by atoms with E-state index in [1.165, 1.54) is 0 Å². The van der Waals surface area contributed by atoms with Gasteiger partial charge in [-0.25, -0.2) is 4.68 Å². The highest BCUT2D eigenvalue weighted by Crippen LogP contribution is 2.36. The van der Waals surface area contributed by atoms with E-state index < -0.39 is 8.07 Å². The lowest BCUT2D eigenvalue weighted by Crippen LogP contribution is -2.27. The highest BCUT2D eigenvalue weighted by molar-refractivity contribution is 6.76. The van der Waals surface area contributed by atoms with Gasteiger partial charge >= 0.3 is 0 Å². The Morgan fingerprint density at radius 1 is 1.17 bits per heavy atom. The number of nitrogens with zero attached hydrogens (tertiary/aromatic N) is 5. The van der Waals surface area contributed by atoms with E-state index in [0.29, 0.717) is 36.8 Å². The second kappa shape index (κ2) is 11.8. The summed E-state index contributed by atoms with van der Waals surface area (Å²) in [6, 6.07) is 16.3. The van der Waals surface area contributed by atoms with Gasteiger partial charge < -0.3 is 14.4 Å². The quantitative estimate of drug-likeness (QED) is 0.154. The molecule has 0 unspecified atom stereocenters. The van der Waals surface area contributed by atoms with E-state index >= 15 is 0 Å². The average Bonchev–Trinajstić information content (AvgIpc) is 3.66. The Morgan fingerprint density at radius 2 is 1.98 bits per heavy atom. The molecule has 4 aromatic rings. The van der Waals surface area contributed by atoms with Crippen LogP contribution in [0.3, 0.4) is 0 Å². The number of nitriles is 1. The molecule has 1 aliphatic carbocycles. The first-order valence-electron chi connectivity index (χ1n) is 14.1. The van der Waals surface area contributed by atoms with Gasteiger partial charge in [-0.2, -0.15) is 10.4 Å². The molecule has 212 valence electrons. The molecule has 8 nitrogen and oxygen atoms in total. The summed E-state index contributed by atoms with van der Waals surface area (Å²) >= 11 is 0. The van der Waals surface area contributed by atoms with E-state index in [4.69, 9.17) is 9.47 Å². The Balaban J connectivity index is 1.38. The van der Waals surface area contributed by atoms with Gasteiger partial charge in [0.15, 0.2) is 0 Å². The van der Waals surface area contributed by atoms with Crippen molar-refractivity contribution in [2.45, 2.75) is 64.8 Å². The van der Waals surface area contributed by atoms with Crippen LogP contribution in [0.15, 0.2) is 54.9 Å². The van der Waals surface area contributed by atoms with Gasteiger partial charge in [-0.1, -0.05) is 31.8 Å². The summed E-state index contributed by atoms with van der Waals surface area (Å²) in [5.41, 5.74) is 5.63. The maximum atomic E-state index is 13.6. The first-order chi connectivity index (χ1) is 19.6. The van der Waals surface area contributed by atoms with Crippen molar-refractivity contribution in [1.82, 2.24) is 19.7 Å². The minimum absolute atomic E-state index is 0.117. The Hall–Kier alpha value is -4.00. The first-order valence-corrected chi connectivity index (χ1v) is 17.8. The predicted octanol–water partition coefficient (Wildman–Crippen LogP) is 6.40. The number of carbonyl (C=O) groups excluding carboxylic acids is 1. The van der Waals surface area contributed by atoms with E-state index in [0.717, 1.165) is 52.2 Å². The summed E-state index contributed by atoms with van der Waals surface area (Å²) in [6.45, 7) is 10.4. The Kier molecular flexibility index (Phi) is 8.24. The molecule has 0 N–H and O–H groups in total. The number of amides is 1. The normalized spacial score (nSPS) is 13.3. The minimum Gasteiger partial charge on any atom is -0.490 e. The molecule has 0 bridgehead atoms. The average molecular weight is 568 g/mol. The van der Waals surface area contributed by atoms with E-state index in [9.17, 15) is 10.1 Å². The second-order valence-electron chi connectivity index (χ2n) is 12.0. The molecular formula is C32H37N5O3Si. The van der Waals surface area contributed by atoms with Gasteiger partial charge in [-0.3, -0.25) is 9.78 Å². The molecule has 0 aliphatic heterocycles. The number of benzene rings is 2. The molecule has 1 fully saturated rings. The fourth-order valence-corrected chi connectivity index (χ4v) is 5.45. The number of aryl methyl sites for hydroxylation is 1. The number of hydrogen-bond acceptors (Lipinski definition) is 6. The van der Waals surface area contributed by atoms with Crippen LogP contribution in [0.1, 0.15) is 40.0 Å². The highest BCUT2D eigenvalue weighted by Gasteiger charge is 2.26. The molecule has 1 amide bonds. The van der Waals surface area contributed by atoms with E-state index in [1.54, 1.807) is 18.0 Å². The third-order valence-electron chi connectivity index (χ3n) is 7.26. The van der Waals surface area contributed by atoms with Crippen LogP contribution < -0.4 is 4.74 Å². The smallest absolute Gasteiger partial charge is 0.254 e. The molecule has 2 heterocycles. The fourth-order valence-electron chi connectivity index (χ4n) is 4.70. The van der Waals surface area contributed by atoms with Crippen molar-refractivity contribution in [1.29, 1.82) is 5.26 Å². The van der Waals surface area contributed by atoms with E-state index in [1.807, 2.05) is 60.4 Å². The Labute approximate surface area is 242 Å². The molecule has 0 atom stereocenters. The summed E-state index contributed by atoms with van der Waals surface area (Å²) in [6.07, 6.45) is 5.82. The van der Waals surface area contributed by atoms with Crippen molar-refractivity contribution in [3.8, 4) is 22.9 Å². The molecule has 1 saturated carbocycles. The van der Waals surface area contributed by atoms with Gasteiger partial charge in [0, 0.05) is 62.2 Å². The summed E-state index contributed by atoms with van der Waals surface area (Å²) in [5.74, 6) is 0.545. The van der Waals surface area contributed by atoms with Crippen LogP contribution in [0, 0.1) is 18.3 Å². The molecule has 5 rings (SSSR count). The summed E-state index contributed by atoms with van der Waals surface area (Å²) in [5, 5.41) is 14.9. The first kappa shape index (κ1) is 28.5. The van der Waals surface area contributed by atoms with Crippen LogP contribution >= 0.6 is 0 Å². The standard InChI is InChI=1S/C32H37N5O3Si/c1-22-29-19-35-37(21-39-13-14-41(3,4)5)31(29)26(18-34-22)20-36(2)32(38)25-9-12-28(30(16-25)40-27-10-11-27)24-8-6-7-23(15-24)17-33/h6-9,12,15-16,18-19,27H,10-11,13-14,20-21H2,1-5H3. The zero-order chi connectivity index (χ0) is 29.1. The zero-order valence-electron chi connectivity index (χ0n) is 24.5. The van der Waals surface area contributed by atoms with Gasteiger partial charge in [0.25, 0.3) is 5.91 Å². The topological polar surface area (TPSA) is 93.3 Å². The molecule has 9 heteroatoms. The van der Waals surface area contributed by atoms with Crippen molar-refractivity contribution in [3.63, 3.8) is 0 Å². The maximum absolute atomic E-state index is 13.6. The van der Waals surface area contributed by atoms with Crippen molar-refractivity contribution in [3.05, 3.63) is 77.2 Å². The van der Waals surface area contributed by atoms with E-state index in [2.05, 4.69) is 35.8 Å². The molecule has 0 spiro atoms. The van der Waals surface area contributed by atoms with Crippen molar-refractivity contribution in [2.24, 2.45) is 0 Å². The minimum atomic E-state index is -1.19. The lowest BCUT2D eigenvalue weighted by molar-refractivity contribution is 0.0781. The SMILES string of the molecule is Cc1ncc(CN(C)C(=O)c2ccc(-c3cccc(C#N)c3)c(OC3CC3)c2)c2c1cnn2COCC[Si](C)(C)C. The monoisotopic (exact) mass is 567 g/mol. The van der Waals surface area contributed by atoms with Crippen LogP contribution in [0.2, 0.25) is 25.7 Å². The van der Waals surface area contributed by atoms with Crippen LogP contribution in [0.4, 0.5) is 0 Å².